The smallest absolute Gasteiger partial charge is 0.0921 e. The first-order chi connectivity index (χ1) is 14.2. The van der Waals surface area contributed by atoms with Gasteiger partial charge in [-0.2, -0.15) is 0 Å². The Hall–Kier alpha value is -2.43. The van der Waals surface area contributed by atoms with Crippen LogP contribution in [0.3, 0.4) is 0 Å². The van der Waals surface area contributed by atoms with Gasteiger partial charge in [-0.25, -0.2) is 4.98 Å². The highest BCUT2D eigenvalue weighted by atomic mass is 35.5. The zero-order valence-corrected chi connectivity index (χ0v) is 18.0. The van der Waals surface area contributed by atoms with Gasteiger partial charge in [-0.05, 0) is 48.4 Å². The summed E-state index contributed by atoms with van der Waals surface area (Å²) in [6.45, 7) is 1.30. The van der Waals surface area contributed by atoms with E-state index in [0.29, 0.717) is 11.6 Å². The van der Waals surface area contributed by atoms with Crippen molar-refractivity contribution in [3.63, 3.8) is 0 Å². The highest BCUT2D eigenvalue weighted by Gasteiger charge is 2.14. The number of hydrogen-bond donors (Lipinski definition) is 2. The molecule has 0 radical (unpaired) electrons. The van der Waals surface area contributed by atoms with Gasteiger partial charge in [0.25, 0.3) is 0 Å². The van der Waals surface area contributed by atoms with Crippen LogP contribution in [0.25, 0.3) is 22.2 Å². The molecule has 0 bridgehead atoms. The van der Waals surface area contributed by atoms with Crippen LogP contribution in [0, 0.1) is 0 Å². The molecule has 0 saturated heterocycles. The number of para-hydroxylation sites is 1. The molecule has 3 aromatic carbocycles. The summed E-state index contributed by atoms with van der Waals surface area (Å²) in [7, 11) is 0. The van der Waals surface area contributed by atoms with Gasteiger partial charge >= 0.3 is 0 Å². The van der Waals surface area contributed by atoms with Crippen LogP contribution in [0.4, 0.5) is 0 Å². The number of rotatable bonds is 7. The van der Waals surface area contributed by atoms with E-state index in [2.05, 4.69) is 17.4 Å². The van der Waals surface area contributed by atoms with E-state index < -0.39 is 6.10 Å². The van der Waals surface area contributed by atoms with Gasteiger partial charge in [-0.15, -0.1) is 12.4 Å². The van der Waals surface area contributed by atoms with Gasteiger partial charge in [0, 0.05) is 22.5 Å². The Morgan fingerprint density at radius 3 is 2.37 bits per heavy atom. The fourth-order valence-corrected chi connectivity index (χ4v) is 3.60. The van der Waals surface area contributed by atoms with Crippen molar-refractivity contribution in [3.8, 4) is 11.3 Å². The molecule has 4 aromatic rings. The van der Waals surface area contributed by atoms with Crippen LogP contribution in [-0.4, -0.2) is 23.2 Å². The predicted octanol–water partition coefficient (Wildman–Crippen LogP) is 5.84. The molecule has 5 heteroatoms. The number of pyridine rings is 1. The first kappa shape index (κ1) is 22.3. The Balaban J connectivity index is 0.00000256. The summed E-state index contributed by atoms with van der Waals surface area (Å²) in [6.07, 6.45) is 0.311. The van der Waals surface area contributed by atoms with Crippen molar-refractivity contribution < 1.29 is 5.11 Å². The lowest BCUT2D eigenvalue weighted by Crippen LogP contribution is -2.24. The average Bonchev–Trinajstić information content (AvgIpc) is 2.77. The third-order valence-electron chi connectivity index (χ3n) is 5.02. The standard InChI is InChI=1S/C25H23ClN2O.ClH/c26-20-12-10-19(11-13-20)24-16-22(21-8-4-5-9-23(21)28-24)25(29)17-27-15-14-18-6-2-1-3-7-18;/h1-13,16,25,27,29H,14-15,17H2;1H. The quantitative estimate of drug-likeness (QED) is 0.356. The summed E-state index contributed by atoms with van der Waals surface area (Å²) in [5, 5.41) is 16.0. The highest BCUT2D eigenvalue weighted by molar-refractivity contribution is 6.30. The van der Waals surface area contributed by atoms with Crippen molar-refractivity contribution in [1.29, 1.82) is 0 Å². The Morgan fingerprint density at radius 1 is 0.900 bits per heavy atom. The molecule has 1 heterocycles. The van der Waals surface area contributed by atoms with Gasteiger partial charge < -0.3 is 10.4 Å². The molecule has 0 aliphatic carbocycles. The molecule has 0 aliphatic heterocycles. The van der Waals surface area contributed by atoms with Crippen molar-refractivity contribution in [2.24, 2.45) is 0 Å². The summed E-state index contributed by atoms with van der Waals surface area (Å²) < 4.78 is 0. The maximum absolute atomic E-state index is 10.9. The zero-order valence-electron chi connectivity index (χ0n) is 16.5. The van der Waals surface area contributed by atoms with Crippen molar-refractivity contribution >= 4 is 34.9 Å². The van der Waals surface area contributed by atoms with Crippen LogP contribution in [0.1, 0.15) is 17.2 Å². The van der Waals surface area contributed by atoms with E-state index in [9.17, 15) is 5.11 Å². The lowest BCUT2D eigenvalue weighted by Gasteiger charge is -2.16. The largest absolute Gasteiger partial charge is 0.387 e. The number of nitrogens with zero attached hydrogens (tertiary/aromatic N) is 1. The fraction of sp³-hybridized carbons (Fsp3) is 0.160. The minimum atomic E-state index is -0.621. The summed E-state index contributed by atoms with van der Waals surface area (Å²) in [5.41, 5.74) is 4.85. The highest BCUT2D eigenvalue weighted by Crippen LogP contribution is 2.29. The van der Waals surface area contributed by atoms with E-state index in [4.69, 9.17) is 16.6 Å². The summed E-state index contributed by atoms with van der Waals surface area (Å²) in [5.74, 6) is 0. The molecule has 154 valence electrons. The molecular weight excluding hydrogens is 415 g/mol. The van der Waals surface area contributed by atoms with E-state index in [0.717, 1.165) is 40.7 Å². The molecule has 1 unspecified atom stereocenters. The predicted molar refractivity (Wildman–Crippen MR) is 127 cm³/mol. The minimum absolute atomic E-state index is 0. The van der Waals surface area contributed by atoms with Crippen LogP contribution in [0.15, 0.2) is 84.9 Å². The number of aliphatic hydroxyl groups is 1. The molecule has 1 aromatic heterocycles. The van der Waals surface area contributed by atoms with Gasteiger partial charge in [0.15, 0.2) is 0 Å². The van der Waals surface area contributed by atoms with E-state index in [1.54, 1.807) is 0 Å². The average molecular weight is 439 g/mol. The van der Waals surface area contributed by atoms with Crippen LogP contribution in [-0.2, 0) is 6.42 Å². The van der Waals surface area contributed by atoms with E-state index in [-0.39, 0.29) is 12.4 Å². The topological polar surface area (TPSA) is 45.1 Å². The third kappa shape index (κ3) is 5.38. The Bertz CT molecular complexity index is 1090. The summed E-state index contributed by atoms with van der Waals surface area (Å²) >= 11 is 6.02. The molecular formula is C25H24Cl2N2O. The molecule has 3 nitrogen and oxygen atoms in total. The van der Waals surface area contributed by atoms with Crippen LogP contribution in [0.2, 0.25) is 5.02 Å². The Labute approximate surface area is 188 Å². The lowest BCUT2D eigenvalue weighted by molar-refractivity contribution is 0.176. The van der Waals surface area contributed by atoms with E-state index >= 15 is 0 Å². The van der Waals surface area contributed by atoms with Crippen molar-refractivity contribution in [3.05, 3.63) is 101 Å². The molecule has 30 heavy (non-hydrogen) atoms. The van der Waals surface area contributed by atoms with Crippen molar-refractivity contribution in [1.82, 2.24) is 10.3 Å². The van der Waals surface area contributed by atoms with Crippen molar-refractivity contribution in [2.75, 3.05) is 13.1 Å². The second-order valence-electron chi connectivity index (χ2n) is 7.08. The van der Waals surface area contributed by atoms with Gasteiger partial charge in [-0.1, -0.05) is 72.3 Å². The van der Waals surface area contributed by atoms with Gasteiger partial charge in [0.05, 0.1) is 17.3 Å². The van der Waals surface area contributed by atoms with Crippen LogP contribution in [0.5, 0.6) is 0 Å². The molecule has 4 rings (SSSR count). The van der Waals surface area contributed by atoms with E-state index in [1.807, 2.05) is 72.8 Å². The first-order valence-electron chi connectivity index (χ1n) is 9.79. The maximum atomic E-state index is 10.9. The monoisotopic (exact) mass is 438 g/mol. The van der Waals surface area contributed by atoms with Crippen LogP contribution >= 0.6 is 24.0 Å². The van der Waals surface area contributed by atoms with Gasteiger partial charge in [0.1, 0.15) is 0 Å². The SMILES string of the molecule is Cl.OC(CNCCc1ccccc1)c1cc(-c2ccc(Cl)cc2)nc2ccccc12. The summed E-state index contributed by atoms with van der Waals surface area (Å²) in [6, 6.07) is 27.9. The molecule has 0 spiro atoms. The Kier molecular flexibility index (Phi) is 7.83. The zero-order chi connectivity index (χ0) is 20.1. The second kappa shape index (κ2) is 10.6. The molecule has 1 atom stereocenters. The summed E-state index contributed by atoms with van der Waals surface area (Å²) in [4.78, 5) is 4.78. The van der Waals surface area contributed by atoms with Gasteiger partial charge in [0.2, 0.25) is 0 Å². The molecule has 0 saturated carbocycles. The number of aliphatic hydroxyl groups excluding tert-OH is 1. The lowest BCUT2D eigenvalue weighted by atomic mass is 10.00. The molecule has 0 amide bonds. The normalized spacial score (nSPS) is 11.8. The molecule has 2 N–H and O–H groups in total. The van der Waals surface area contributed by atoms with Gasteiger partial charge in [-0.3, -0.25) is 0 Å². The van der Waals surface area contributed by atoms with E-state index in [1.165, 1.54) is 5.56 Å². The third-order valence-corrected chi connectivity index (χ3v) is 5.27. The minimum Gasteiger partial charge on any atom is -0.387 e. The first-order valence-corrected chi connectivity index (χ1v) is 10.2. The number of hydrogen-bond acceptors (Lipinski definition) is 3. The number of halogens is 2. The molecule has 0 fully saturated rings. The van der Waals surface area contributed by atoms with Crippen LogP contribution < -0.4 is 5.32 Å². The number of nitrogens with one attached hydrogen (secondary N) is 1. The number of fused-ring (bicyclic) bond motifs is 1. The molecule has 0 aliphatic rings. The Morgan fingerprint density at radius 2 is 1.60 bits per heavy atom. The number of aromatic nitrogens is 1. The second-order valence-corrected chi connectivity index (χ2v) is 7.51. The van der Waals surface area contributed by atoms with Crippen molar-refractivity contribution in [2.45, 2.75) is 12.5 Å². The maximum Gasteiger partial charge on any atom is 0.0921 e. The fourth-order valence-electron chi connectivity index (χ4n) is 3.47. The number of benzene rings is 3.